The van der Waals surface area contributed by atoms with Gasteiger partial charge in [0.05, 0.1) is 28.5 Å². The highest BCUT2D eigenvalue weighted by atomic mass is 79.9. The molecule has 17 heavy (non-hydrogen) atoms. The number of rotatable bonds is 6. The maximum Gasteiger partial charge on any atom is 0.0880 e. The van der Waals surface area contributed by atoms with Gasteiger partial charge in [-0.05, 0) is 29.8 Å². The summed E-state index contributed by atoms with van der Waals surface area (Å²) in [6, 6.07) is 0.696. The van der Waals surface area contributed by atoms with Crippen LogP contribution in [0.4, 0.5) is 0 Å². The number of nitrogens with one attached hydrogen (secondary N) is 1. The van der Waals surface area contributed by atoms with Crippen molar-refractivity contribution in [2.24, 2.45) is 0 Å². The van der Waals surface area contributed by atoms with Crippen molar-refractivity contribution in [2.45, 2.75) is 39.8 Å². The molecule has 0 radical (unpaired) electrons. The van der Waals surface area contributed by atoms with Crippen LogP contribution >= 0.6 is 15.9 Å². The highest BCUT2D eigenvalue weighted by Gasteiger charge is 2.17. The predicted molar refractivity (Wildman–Crippen MR) is 73.5 cm³/mol. The summed E-state index contributed by atoms with van der Waals surface area (Å²) in [6.07, 6.45) is 0. The first kappa shape index (κ1) is 14.7. The summed E-state index contributed by atoms with van der Waals surface area (Å²) in [6.45, 7) is 9.88. The molecular weight excluding hydrogens is 282 g/mol. The number of nitrogens with zero attached hydrogens (tertiary/aromatic N) is 2. The maximum absolute atomic E-state index is 5.28. The zero-order valence-corrected chi connectivity index (χ0v) is 12.8. The van der Waals surface area contributed by atoms with E-state index in [4.69, 9.17) is 4.74 Å². The van der Waals surface area contributed by atoms with E-state index in [0.29, 0.717) is 12.6 Å². The van der Waals surface area contributed by atoms with E-state index in [1.165, 1.54) is 0 Å². The van der Waals surface area contributed by atoms with Gasteiger partial charge in [-0.2, -0.15) is 5.10 Å². The summed E-state index contributed by atoms with van der Waals surface area (Å²) in [5.41, 5.74) is 2.17. The molecule has 0 spiro atoms. The van der Waals surface area contributed by atoms with Crippen LogP contribution in [-0.4, -0.2) is 36.1 Å². The number of methoxy groups -OCH3 is 1. The second kappa shape index (κ2) is 6.52. The summed E-state index contributed by atoms with van der Waals surface area (Å²) < 4.78 is 8.40. The quantitative estimate of drug-likeness (QED) is 0.877. The van der Waals surface area contributed by atoms with Gasteiger partial charge < -0.3 is 10.1 Å². The van der Waals surface area contributed by atoms with Crippen molar-refractivity contribution in [3.63, 3.8) is 0 Å². The van der Waals surface area contributed by atoms with Crippen molar-refractivity contribution in [3.8, 4) is 0 Å². The van der Waals surface area contributed by atoms with E-state index in [2.05, 4.69) is 47.1 Å². The number of halogens is 1. The lowest BCUT2D eigenvalue weighted by Gasteiger charge is -2.20. The number of aromatic nitrogens is 2. The molecule has 1 aromatic rings. The van der Waals surface area contributed by atoms with Crippen LogP contribution in [0.3, 0.4) is 0 Å². The van der Waals surface area contributed by atoms with E-state index in [9.17, 15) is 0 Å². The average Bonchev–Trinajstić information content (AvgIpc) is 2.52. The molecule has 5 heteroatoms. The third-order valence-corrected chi connectivity index (χ3v) is 3.85. The molecule has 0 bridgehead atoms. The van der Waals surface area contributed by atoms with Gasteiger partial charge in [0, 0.05) is 19.7 Å². The predicted octanol–water partition coefficient (Wildman–Crippen LogP) is 2.45. The van der Waals surface area contributed by atoms with E-state index < -0.39 is 0 Å². The smallest absolute Gasteiger partial charge is 0.0880 e. The van der Waals surface area contributed by atoms with Gasteiger partial charge in [-0.3, -0.25) is 4.68 Å². The minimum atomic E-state index is 0.229. The molecule has 1 rings (SSSR count). The van der Waals surface area contributed by atoms with Crippen molar-refractivity contribution in [1.29, 1.82) is 0 Å². The van der Waals surface area contributed by atoms with Crippen LogP contribution in [-0.2, 0) is 4.74 Å². The van der Waals surface area contributed by atoms with Crippen molar-refractivity contribution in [1.82, 2.24) is 15.1 Å². The van der Waals surface area contributed by atoms with Gasteiger partial charge in [-0.25, -0.2) is 0 Å². The molecule has 0 aromatic carbocycles. The van der Waals surface area contributed by atoms with Gasteiger partial charge in [0.2, 0.25) is 0 Å². The van der Waals surface area contributed by atoms with Crippen LogP contribution in [0.25, 0.3) is 0 Å². The van der Waals surface area contributed by atoms with Gasteiger partial charge >= 0.3 is 0 Å². The molecular formula is C12H22BrN3O. The molecule has 0 fully saturated rings. The topological polar surface area (TPSA) is 39.1 Å². The molecule has 0 aliphatic rings. The molecule has 4 nitrogen and oxygen atoms in total. The summed E-state index contributed by atoms with van der Waals surface area (Å²) in [4.78, 5) is 0. The summed E-state index contributed by atoms with van der Waals surface area (Å²) in [7, 11) is 1.73. The summed E-state index contributed by atoms with van der Waals surface area (Å²) in [5, 5.41) is 7.99. The third kappa shape index (κ3) is 3.79. The van der Waals surface area contributed by atoms with Crippen LogP contribution < -0.4 is 5.32 Å². The van der Waals surface area contributed by atoms with Gasteiger partial charge in [0.25, 0.3) is 0 Å². The van der Waals surface area contributed by atoms with Gasteiger partial charge in [-0.15, -0.1) is 0 Å². The molecule has 98 valence electrons. The zero-order chi connectivity index (χ0) is 13.0. The number of aryl methyl sites for hydroxylation is 1. The molecule has 0 amide bonds. The lowest BCUT2D eigenvalue weighted by Crippen LogP contribution is -2.33. The minimum absolute atomic E-state index is 0.229. The fraction of sp³-hybridized carbons (Fsp3) is 0.750. The van der Waals surface area contributed by atoms with Crippen LogP contribution in [0.15, 0.2) is 4.47 Å². The summed E-state index contributed by atoms with van der Waals surface area (Å²) >= 11 is 3.55. The van der Waals surface area contributed by atoms with E-state index in [-0.39, 0.29) is 6.04 Å². The Hall–Kier alpha value is -0.390. The second-order valence-electron chi connectivity index (χ2n) is 4.60. The average molecular weight is 304 g/mol. The molecule has 0 aliphatic heterocycles. The van der Waals surface area contributed by atoms with Crippen molar-refractivity contribution in [3.05, 3.63) is 15.9 Å². The van der Waals surface area contributed by atoms with Crippen LogP contribution in [0.5, 0.6) is 0 Å². The first-order valence-corrected chi connectivity index (χ1v) is 6.70. The molecule has 1 atom stereocenters. The van der Waals surface area contributed by atoms with Crippen LogP contribution in [0.1, 0.15) is 31.3 Å². The van der Waals surface area contributed by atoms with Gasteiger partial charge in [0.15, 0.2) is 0 Å². The number of hydrogen-bond acceptors (Lipinski definition) is 3. The molecule has 1 N–H and O–H groups in total. The van der Waals surface area contributed by atoms with Crippen LogP contribution in [0.2, 0.25) is 0 Å². The van der Waals surface area contributed by atoms with E-state index in [1.54, 1.807) is 7.11 Å². The highest BCUT2D eigenvalue weighted by molar-refractivity contribution is 9.10. The molecule has 0 aliphatic carbocycles. The van der Waals surface area contributed by atoms with Crippen molar-refractivity contribution in [2.75, 3.05) is 20.3 Å². The highest BCUT2D eigenvalue weighted by Crippen LogP contribution is 2.22. The Morgan fingerprint density at radius 3 is 2.47 bits per heavy atom. The minimum Gasteiger partial charge on any atom is -0.382 e. The standard InChI is InChI=1S/C12H22BrN3O/c1-8(2)14-6-11(7-17-5)16-10(4)12(13)9(3)15-16/h8,11,14H,6-7H2,1-5H3. The lowest BCUT2D eigenvalue weighted by atomic mass is 10.2. The normalized spacial score (nSPS) is 13.4. The van der Waals surface area contributed by atoms with E-state index in [1.807, 2.05) is 11.6 Å². The maximum atomic E-state index is 5.28. The Morgan fingerprint density at radius 2 is 2.06 bits per heavy atom. The molecule has 1 unspecified atom stereocenters. The Balaban J connectivity index is 2.85. The van der Waals surface area contributed by atoms with Crippen LogP contribution in [0, 0.1) is 13.8 Å². The SMILES string of the molecule is COCC(CNC(C)C)n1nc(C)c(Br)c1C. The largest absolute Gasteiger partial charge is 0.382 e. The zero-order valence-electron chi connectivity index (χ0n) is 11.2. The van der Waals surface area contributed by atoms with Crippen molar-refractivity contribution < 1.29 is 4.74 Å². The Labute approximate surface area is 112 Å². The fourth-order valence-electron chi connectivity index (χ4n) is 1.78. The first-order chi connectivity index (χ1) is 7.97. The molecule has 0 saturated carbocycles. The van der Waals surface area contributed by atoms with Crippen molar-refractivity contribution >= 4 is 15.9 Å². The lowest BCUT2D eigenvalue weighted by molar-refractivity contribution is 0.145. The summed E-state index contributed by atoms with van der Waals surface area (Å²) in [5.74, 6) is 0. The Kier molecular flexibility index (Phi) is 5.62. The van der Waals surface area contributed by atoms with E-state index in [0.717, 1.165) is 22.4 Å². The molecule has 1 heterocycles. The second-order valence-corrected chi connectivity index (χ2v) is 5.39. The van der Waals surface area contributed by atoms with Gasteiger partial charge in [-0.1, -0.05) is 13.8 Å². The first-order valence-electron chi connectivity index (χ1n) is 5.90. The third-order valence-electron chi connectivity index (χ3n) is 2.70. The molecule has 1 aromatic heterocycles. The number of ether oxygens (including phenoxy) is 1. The Morgan fingerprint density at radius 1 is 1.41 bits per heavy atom. The monoisotopic (exact) mass is 303 g/mol. The fourth-order valence-corrected chi connectivity index (χ4v) is 2.04. The number of hydrogen-bond donors (Lipinski definition) is 1. The molecule has 0 saturated heterocycles. The Bertz CT molecular complexity index is 363. The van der Waals surface area contributed by atoms with Gasteiger partial charge in [0.1, 0.15) is 0 Å². The van der Waals surface area contributed by atoms with E-state index >= 15 is 0 Å².